The van der Waals surface area contributed by atoms with E-state index in [1.54, 1.807) is 0 Å². The lowest BCUT2D eigenvalue weighted by Crippen LogP contribution is -2.38. The lowest BCUT2D eigenvalue weighted by atomic mass is 10.2. The van der Waals surface area contributed by atoms with E-state index < -0.39 is 17.7 Å². The zero-order valence-electron chi connectivity index (χ0n) is 13.5. The fraction of sp³-hybridized carbons (Fsp3) is 0.250. The Kier molecular flexibility index (Phi) is 4.61. The number of fused-ring (bicyclic) bond motifs is 1. The number of rotatable bonds is 3. The van der Waals surface area contributed by atoms with Crippen molar-refractivity contribution in [3.8, 4) is 5.75 Å². The molecule has 5 nitrogen and oxygen atoms in total. The van der Waals surface area contributed by atoms with Gasteiger partial charge in [0.2, 0.25) is 0 Å². The molecule has 0 atom stereocenters. The molecule has 138 valence electrons. The molecule has 2 heterocycles. The van der Waals surface area contributed by atoms with Crippen LogP contribution in [0.5, 0.6) is 5.75 Å². The number of nitrogens with zero attached hydrogens (tertiary/aromatic N) is 3. The van der Waals surface area contributed by atoms with Crippen molar-refractivity contribution in [3.63, 3.8) is 0 Å². The first-order valence-electron chi connectivity index (χ1n) is 7.36. The second-order valence-electron chi connectivity index (χ2n) is 5.43. The first-order chi connectivity index (χ1) is 12.2. The molecule has 3 rings (SSSR count). The van der Waals surface area contributed by atoms with Gasteiger partial charge in [-0.3, -0.25) is 4.79 Å². The number of hydrogen-bond acceptors (Lipinski definition) is 4. The van der Waals surface area contributed by atoms with Crippen molar-refractivity contribution in [1.29, 1.82) is 0 Å². The van der Waals surface area contributed by atoms with E-state index in [1.165, 1.54) is 24.1 Å². The quantitative estimate of drug-likeness (QED) is 0.599. The zero-order valence-corrected chi connectivity index (χ0v) is 14.3. The Bertz CT molecular complexity index is 946. The average molecular weight is 387 g/mol. The van der Waals surface area contributed by atoms with E-state index in [4.69, 9.17) is 4.74 Å². The molecule has 10 heteroatoms. The van der Waals surface area contributed by atoms with Crippen molar-refractivity contribution >= 4 is 28.6 Å². The average Bonchev–Trinajstić information content (AvgIpc) is 2.92. The minimum absolute atomic E-state index is 0.0329. The highest BCUT2D eigenvalue weighted by Crippen LogP contribution is 2.37. The maximum absolute atomic E-state index is 14.3. The Morgan fingerprint density at radius 1 is 1.42 bits per heavy atom. The Balaban J connectivity index is 2.12. The van der Waals surface area contributed by atoms with Crippen molar-refractivity contribution in [2.75, 3.05) is 18.1 Å². The number of anilines is 1. The SMILES string of the molecule is C=CCN1C(=O)COc2cc(F)c(N=c3scc(C(F)(F)F)n3C)cc21. The van der Waals surface area contributed by atoms with Gasteiger partial charge in [-0.25, -0.2) is 9.38 Å². The molecule has 1 aliphatic heterocycles. The van der Waals surface area contributed by atoms with Gasteiger partial charge >= 0.3 is 6.18 Å². The van der Waals surface area contributed by atoms with Crippen molar-refractivity contribution in [1.82, 2.24) is 4.57 Å². The summed E-state index contributed by atoms with van der Waals surface area (Å²) in [5.41, 5.74) is -0.787. The molecule has 0 unspecified atom stereocenters. The summed E-state index contributed by atoms with van der Waals surface area (Å²) in [7, 11) is 1.20. The van der Waals surface area contributed by atoms with Crippen molar-refractivity contribution in [2.45, 2.75) is 6.18 Å². The Labute approximate surface area is 149 Å². The summed E-state index contributed by atoms with van der Waals surface area (Å²) < 4.78 is 59.0. The monoisotopic (exact) mass is 387 g/mol. The van der Waals surface area contributed by atoms with Crippen LogP contribution in [0.4, 0.5) is 28.9 Å². The number of carbonyl (C=O) groups excluding carboxylic acids is 1. The van der Waals surface area contributed by atoms with Gasteiger partial charge in [-0.05, 0) is 6.07 Å². The molecule has 0 N–H and O–H groups in total. The van der Waals surface area contributed by atoms with Crippen LogP contribution in [0, 0.1) is 5.82 Å². The third kappa shape index (κ3) is 3.24. The minimum atomic E-state index is -4.53. The molecule has 0 bridgehead atoms. The molecule has 26 heavy (non-hydrogen) atoms. The smallest absolute Gasteiger partial charge is 0.432 e. The topological polar surface area (TPSA) is 46.8 Å². The second kappa shape index (κ2) is 6.60. The number of ether oxygens (including phenoxy) is 1. The molecule has 0 saturated carbocycles. The van der Waals surface area contributed by atoms with E-state index >= 15 is 0 Å². The predicted octanol–water partition coefficient (Wildman–Crippen LogP) is 3.39. The highest BCUT2D eigenvalue weighted by Gasteiger charge is 2.34. The van der Waals surface area contributed by atoms with Gasteiger partial charge in [-0.2, -0.15) is 13.2 Å². The minimum Gasteiger partial charge on any atom is -0.481 e. The number of thiazole rings is 1. The summed E-state index contributed by atoms with van der Waals surface area (Å²) in [5, 5.41) is 0.909. The number of halogens is 4. The third-order valence-electron chi connectivity index (χ3n) is 3.71. The van der Waals surface area contributed by atoms with Crippen LogP contribution in [-0.4, -0.2) is 23.6 Å². The van der Waals surface area contributed by atoms with Crippen LogP contribution in [0.2, 0.25) is 0 Å². The molecule has 0 spiro atoms. The van der Waals surface area contributed by atoms with Crippen LogP contribution in [0.25, 0.3) is 0 Å². The summed E-state index contributed by atoms with van der Waals surface area (Å²) in [4.78, 5) is 17.3. The number of benzene rings is 1. The van der Waals surface area contributed by atoms with Crippen LogP contribution in [0.1, 0.15) is 5.69 Å². The highest BCUT2D eigenvalue weighted by atomic mass is 32.1. The number of aromatic nitrogens is 1. The lowest BCUT2D eigenvalue weighted by Gasteiger charge is -2.28. The van der Waals surface area contributed by atoms with Crippen molar-refractivity contribution in [3.05, 3.63) is 46.5 Å². The van der Waals surface area contributed by atoms with Gasteiger partial charge in [0.25, 0.3) is 5.91 Å². The highest BCUT2D eigenvalue weighted by molar-refractivity contribution is 7.07. The number of alkyl halides is 3. The maximum atomic E-state index is 14.3. The molecule has 1 aromatic carbocycles. The molecular formula is C16H13F4N3O2S. The summed E-state index contributed by atoms with van der Waals surface area (Å²) in [6.45, 7) is 3.52. The fourth-order valence-corrected chi connectivity index (χ4v) is 3.37. The molecule has 0 saturated heterocycles. The van der Waals surface area contributed by atoms with Gasteiger partial charge in [0.15, 0.2) is 17.2 Å². The van der Waals surface area contributed by atoms with Crippen molar-refractivity contribution < 1.29 is 27.1 Å². The van der Waals surface area contributed by atoms with E-state index in [1.807, 2.05) is 0 Å². The van der Waals surface area contributed by atoms with E-state index in [-0.39, 0.29) is 41.0 Å². The standard InChI is InChI=1S/C16H13F4N3O2S/c1-3-4-23-11-6-10(9(17)5-12(11)25-7-14(23)24)21-15-22(2)13(8-26-15)16(18,19)20/h3,5-6,8H,1,4,7H2,2H3. The fourth-order valence-electron chi connectivity index (χ4n) is 2.46. The first kappa shape index (κ1) is 18.2. The molecule has 2 aromatic rings. The van der Waals surface area contributed by atoms with E-state index in [9.17, 15) is 22.4 Å². The van der Waals surface area contributed by atoms with Crippen LogP contribution >= 0.6 is 11.3 Å². The number of carbonyl (C=O) groups is 1. The largest absolute Gasteiger partial charge is 0.481 e. The van der Waals surface area contributed by atoms with Gasteiger partial charge in [0.05, 0.1) is 5.69 Å². The lowest BCUT2D eigenvalue weighted by molar-refractivity contribution is -0.143. The van der Waals surface area contributed by atoms with Gasteiger partial charge in [-0.1, -0.05) is 6.08 Å². The molecule has 0 aliphatic carbocycles. The van der Waals surface area contributed by atoms with E-state index in [0.717, 1.165) is 27.4 Å². The predicted molar refractivity (Wildman–Crippen MR) is 88.0 cm³/mol. The molecule has 0 radical (unpaired) electrons. The number of amides is 1. The summed E-state index contributed by atoms with van der Waals surface area (Å²) in [6.07, 6.45) is -3.03. The van der Waals surface area contributed by atoms with Crippen LogP contribution in [-0.2, 0) is 18.0 Å². The summed E-state index contributed by atoms with van der Waals surface area (Å²) in [5.74, 6) is -0.941. The summed E-state index contributed by atoms with van der Waals surface area (Å²) >= 11 is 0.737. The Hall–Kier alpha value is -2.62. The normalized spacial score (nSPS) is 15.0. The second-order valence-corrected chi connectivity index (χ2v) is 6.26. The van der Waals surface area contributed by atoms with E-state index in [2.05, 4.69) is 11.6 Å². The Morgan fingerprint density at radius 2 is 2.15 bits per heavy atom. The third-order valence-corrected chi connectivity index (χ3v) is 4.63. The number of hydrogen-bond donors (Lipinski definition) is 0. The molecule has 1 aromatic heterocycles. The molecule has 1 aliphatic rings. The molecular weight excluding hydrogens is 374 g/mol. The molecule has 0 fully saturated rings. The van der Waals surface area contributed by atoms with E-state index in [0.29, 0.717) is 0 Å². The van der Waals surface area contributed by atoms with Gasteiger partial charge in [0.1, 0.15) is 17.1 Å². The van der Waals surface area contributed by atoms with Crippen LogP contribution < -0.4 is 14.4 Å². The maximum Gasteiger partial charge on any atom is 0.432 e. The van der Waals surface area contributed by atoms with Gasteiger partial charge < -0.3 is 14.2 Å². The van der Waals surface area contributed by atoms with Gasteiger partial charge in [0, 0.05) is 25.0 Å². The van der Waals surface area contributed by atoms with Crippen LogP contribution in [0.15, 0.2) is 35.2 Å². The Morgan fingerprint density at radius 3 is 2.77 bits per heavy atom. The first-order valence-corrected chi connectivity index (χ1v) is 8.24. The van der Waals surface area contributed by atoms with Crippen LogP contribution in [0.3, 0.4) is 0 Å². The van der Waals surface area contributed by atoms with Gasteiger partial charge in [-0.15, -0.1) is 17.9 Å². The summed E-state index contributed by atoms with van der Waals surface area (Å²) in [6, 6.07) is 2.34. The molecule has 1 amide bonds. The van der Waals surface area contributed by atoms with Crippen molar-refractivity contribution in [2.24, 2.45) is 12.0 Å². The zero-order chi connectivity index (χ0) is 19.1.